The van der Waals surface area contributed by atoms with E-state index in [4.69, 9.17) is 11.6 Å². The van der Waals surface area contributed by atoms with Crippen LogP contribution in [0.5, 0.6) is 0 Å². The highest BCUT2D eigenvalue weighted by atomic mass is 35.5. The van der Waals surface area contributed by atoms with Crippen molar-refractivity contribution in [2.45, 2.75) is 37.1 Å². The number of benzene rings is 2. The lowest BCUT2D eigenvalue weighted by Gasteiger charge is -2.10. The maximum Gasteiger partial charge on any atom is 0.0545 e. The number of rotatable bonds is 6. The second kappa shape index (κ2) is 7.72. The molecule has 3 heteroatoms. The average molecular weight is 306 g/mol. The molecule has 0 saturated heterocycles. The van der Waals surface area contributed by atoms with Gasteiger partial charge in [0.25, 0.3) is 0 Å². The molecular formula is C17H20ClNS. The first-order valence-electron chi connectivity index (χ1n) is 6.83. The largest absolute Gasteiger partial charge is 0.310 e. The van der Waals surface area contributed by atoms with Crippen LogP contribution in [-0.2, 0) is 12.3 Å². The SMILES string of the molecule is CC(C)NCc1ccc(SCc2ccccc2)c(Cl)c1. The Hall–Kier alpha value is -0.960. The summed E-state index contributed by atoms with van der Waals surface area (Å²) in [6.45, 7) is 5.15. The Labute approximate surface area is 130 Å². The molecule has 0 aliphatic carbocycles. The first kappa shape index (κ1) is 15.4. The van der Waals surface area contributed by atoms with E-state index in [1.165, 1.54) is 11.1 Å². The van der Waals surface area contributed by atoms with Gasteiger partial charge in [-0.25, -0.2) is 0 Å². The summed E-state index contributed by atoms with van der Waals surface area (Å²) in [5, 5.41) is 4.24. The number of hydrogen-bond acceptors (Lipinski definition) is 2. The highest BCUT2D eigenvalue weighted by Crippen LogP contribution is 2.30. The molecule has 0 aliphatic heterocycles. The first-order chi connectivity index (χ1) is 9.65. The molecule has 2 aromatic rings. The summed E-state index contributed by atoms with van der Waals surface area (Å²) in [5.41, 5.74) is 2.55. The van der Waals surface area contributed by atoms with Gasteiger partial charge in [-0.3, -0.25) is 0 Å². The highest BCUT2D eigenvalue weighted by molar-refractivity contribution is 7.98. The molecule has 106 valence electrons. The Morgan fingerprint density at radius 1 is 1.05 bits per heavy atom. The molecule has 0 unspecified atom stereocenters. The predicted octanol–water partition coefficient (Wildman–Crippen LogP) is 5.13. The van der Waals surface area contributed by atoms with Gasteiger partial charge in [0.1, 0.15) is 0 Å². The molecule has 0 fully saturated rings. The van der Waals surface area contributed by atoms with Gasteiger partial charge in [0, 0.05) is 23.2 Å². The van der Waals surface area contributed by atoms with Crippen LogP contribution in [0.15, 0.2) is 53.4 Å². The van der Waals surface area contributed by atoms with Gasteiger partial charge in [-0.15, -0.1) is 11.8 Å². The number of hydrogen-bond donors (Lipinski definition) is 1. The van der Waals surface area contributed by atoms with Gasteiger partial charge in [0.15, 0.2) is 0 Å². The molecule has 2 aromatic carbocycles. The van der Waals surface area contributed by atoms with Gasteiger partial charge in [-0.1, -0.05) is 61.8 Å². The van der Waals surface area contributed by atoms with Crippen LogP contribution in [0.25, 0.3) is 0 Å². The van der Waals surface area contributed by atoms with Crippen LogP contribution in [0.2, 0.25) is 5.02 Å². The van der Waals surface area contributed by atoms with Crippen LogP contribution in [0.4, 0.5) is 0 Å². The molecule has 0 aromatic heterocycles. The first-order valence-corrected chi connectivity index (χ1v) is 8.20. The van der Waals surface area contributed by atoms with Gasteiger partial charge in [-0.05, 0) is 23.3 Å². The molecule has 20 heavy (non-hydrogen) atoms. The molecule has 0 saturated carbocycles. The third-order valence-corrected chi connectivity index (χ3v) is 4.52. The Balaban J connectivity index is 1.95. The van der Waals surface area contributed by atoms with Crippen molar-refractivity contribution in [2.75, 3.05) is 0 Å². The van der Waals surface area contributed by atoms with Crippen molar-refractivity contribution in [1.29, 1.82) is 0 Å². The zero-order chi connectivity index (χ0) is 14.4. The molecule has 0 amide bonds. The normalized spacial score (nSPS) is 11.0. The van der Waals surface area contributed by atoms with Gasteiger partial charge in [-0.2, -0.15) is 0 Å². The summed E-state index contributed by atoms with van der Waals surface area (Å²) < 4.78 is 0. The Kier molecular flexibility index (Phi) is 5.96. The lowest BCUT2D eigenvalue weighted by Crippen LogP contribution is -2.21. The van der Waals surface area contributed by atoms with Crippen molar-refractivity contribution in [1.82, 2.24) is 5.32 Å². The fraction of sp³-hybridized carbons (Fsp3) is 0.294. The molecule has 1 N–H and O–H groups in total. The minimum Gasteiger partial charge on any atom is -0.310 e. The maximum absolute atomic E-state index is 6.36. The van der Waals surface area contributed by atoms with Gasteiger partial charge in [0.2, 0.25) is 0 Å². The van der Waals surface area contributed by atoms with Crippen LogP contribution < -0.4 is 5.32 Å². The quantitative estimate of drug-likeness (QED) is 0.742. The van der Waals surface area contributed by atoms with Gasteiger partial charge >= 0.3 is 0 Å². The molecule has 0 radical (unpaired) electrons. The summed E-state index contributed by atoms with van der Waals surface area (Å²) >= 11 is 8.14. The lowest BCUT2D eigenvalue weighted by atomic mass is 10.2. The van der Waals surface area contributed by atoms with E-state index in [9.17, 15) is 0 Å². The number of thioether (sulfide) groups is 1. The topological polar surface area (TPSA) is 12.0 Å². The third-order valence-electron chi connectivity index (χ3n) is 2.95. The average Bonchev–Trinajstić information content (AvgIpc) is 2.45. The van der Waals surface area contributed by atoms with Crippen LogP contribution in [-0.4, -0.2) is 6.04 Å². The molecule has 1 nitrogen and oxygen atoms in total. The molecular weight excluding hydrogens is 286 g/mol. The molecule has 0 aliphatic rings. The zero-order valence-corrected chi connectivity index (χ0v) is 13.5. The van der Waals surface area contributed by atoms with Crippen molar-refractivity contribution in [3.05, 3.63) is 64.7 Å². The standard InChI is InChI=1S/C17H20ClNS/c1-13(2)19-11-15-8-9-17(16(18)10-15)20-12-14-6-4-3-5-7-14/h3-10,13,19H,11-12H2,1-2H3. The molecule has 0 bridgehead atoms. The third kappa shape index (κ3) is 4.86. The number of nitrogens with one attached hydrogen (secondary N) is 1. The Morgan fingerprint density at radius 2 is 1.80 bits per heavy atom. The fourth-order valence-electron chi connectivity index (χ4n) is 1.83. The van der Waals surface area contributed by atoms with Gasteiger partial charge < -0.3 is 5.32 Å². The van der Waals surface area contributed by atoms with Crippen LogP contribution >= 0.6 is 23.4 Å². The summed E-state index contributed by atoms with van der Waals surface area (Å²) in [5.74, 6) is 0.949. The fourth-order valence-corrected chi connectivity index (χ4v) is 3.07. The second-order valence-corrected chi connectivity index (χ2v) is 6.50. The predicted molar refractivity (Wildman–Crippen MR) is 89.4 cm³/mol. The Morgan fingerprint density at radius 3 is 2.45 bits per heavy atom. The summed E-state index contributed by atoms with van der Waals surface area (Å²) in [6.07, 6.45) is 0. The Bertz CT molecular complexity index is 540. The molecule has 0 spiro atoms. The zero-order valence-electron chi connectivity index (χ0n) is 11.9. The second-order valence-electron chi connectivity index (χ2n) is 5.07. The van der Waals surface area contributed by atoms with Crippen molar-refractivity contribution in [3.63, 3.8) is 0 Å². The highest BCUT2D eigenvalue weighted by Gasteiger charge is 2.04. The summed E-state index contributed by atoms with van der Waals surface area (Å²) in [7, 11) is 0. The minimum atomic E-state index is 0.487. The molecule has 0 heterocycles. The van der Waals surface area contributed by atoms with Crippen molar-refractivity contribution in [3.8, 4) is 0 Å². The van der Waals surface area contributed by atoms with E-state index in [0.29, 0.717) is 6.04 Å². The van der Waals surface area contributed by atoms with E-state index >= 15 is 0 Å². The monoisotopic (exact) mass is 305 g/mol. The van der Waals surface area contributed by atoms with Crippen molar-refractivity contribution in [2.24, 2.45) is 0 Å². The van der Waals surface area contributed by atoms with Gasteiger partial charge in [0.05, 0.1) is 5.02 Å². The summed E-state index contributed by atoms with van der Waals surface area (Å²) in [6, 6.07) is 17.3. The van der Waals surface area contributed by atoms with E-state index in [-0.39, 0.29) is 0 Å². The molecule has 0 atom stereocenters. The van der Waals surface area contributed by atoms with Crippen LogP contribution in [0, 0.1) is 0 Å². The van der Waals surface area contributed by atoms with Crippen LogP contribution in [0.1, 0.15) is 25.0 Å². The minimum absolute atomic E-state index is 0.487. The maximum atomic E-state index is 6.36. The lowest BCUT2D eigenvalue weighted by molar-refractivity contribution is 0.589. The summed E-state index contributed by atoms with van der Waals surface area (Å²) in [4.78, 5) is 1.14. The smallest absolute Gasteiger partial charge is 0.0545 e. The van der Waals surface area contributed by atoms with E-state index in [2.05, 4.69) is 61.6 Å². The van der Waals surface area contributed by atoms with E-state index < -0.39 is 0 Å². The van der Waals surface area contributed by atoms with E-state index in [1.807, 2.05) is 6.07 Å². The van der Waals surface area contributed by atoms with E-state index in [0.717, 1.165) is 22.2 Å². The number of halogens is 1. The van der Waals surface area contributed by atoms with Crippen molar-refractivity contribution < 1.29 is 0 Å². The van der Waals surface area contributed by atoms with Crippen molar-refractivity contribution >= 4 is 23.4 Å². The van der Waals surface area contributed by atoms with E-state index in [1.54, 1.807) is 11.8 Å². The molecule has 2 rings (SSSR count). The van der Waals surface area contributed by atoms with Crippen LogP contribution in [0.3, 0.4) is 0 Å².